The van der Waals surface area contributed by atoms with Crippen molar-refractivity contribution >= 4 is 34.5 Å². The Hall–Kier alpha value is -3.20. The molecule has 1 fully saturated rings. The quantitative estimate of drug-likeness (QED) is 0.262. The van der Waals surface area contributed by atoms with E-state index in [-0.39, 0.29) is 29.1 Å². The van der Waals surface area contributed by atoms with Crippen molar-refractivity contribution in [1.29, 1.82) is 0 Å². The second kappa shape index (κ2) is 11.7. The van der Waals surface area contributed by atoms with E-state index in [1.165, 1.54) is 23.9 Å². The van der Waals surface area contributed by atoms with Gasteiger partial charge in [0.2, 0.25) is 5.91 Å². The molecule has 2 heterocycles. The molecule has 0 spiro atoms. The van der Waals surface area contributed by atoms with Gasteiger partial charge >= 0.3 is 0 Å². The highest BCUT2D eigenvalue weighted by atomic mass is 32.2. The molecule has 3 aromatic rings. The van der Waals surface area contributed by atoms with Gasteiger partial charge < -0.3 is 10.6 Å². The number of fused-ring (bicyclic) bond motifs is 1. The molecule has 36 heavy (non-hydrogen) atoms. The maximum absolute atomic E-state index is 13.6. The van der Waals surface area contributed by atoms with Crippen LogP contribution in [0.2, 0.25) is 0 Å². The van der Waals surface area contributed by atoms with Crippen LogP contribution < -0.4 is 11.3 Å². The van der Waals surface area contributed by atoms with E-state index in [4.69, 9.17) is 10.7 Å². The van der Waals surface area contributed by atoms with E-state index in [0.717, 1.165) is 24.8 Å². The first-order valence-electron chi connectivity index (χ1n) is 12.4. The topological polar surface area (TPSA) is 98.3 Å². The number of hydrogen-bond acceptors (Lipinski definition) is 5. The normalized spacial score (nSPS) is 14.3. The number of carbonyl (C=O) groups is 2. The van der Waals surface area contributed by atoms with Crippen LogP contribution in [0.5, 0.6) is 0 Å². The van der Waals surface area contributed by atoms with Gasteiger partial charge in [0, 0.05) is 36.9 Å². The van der Waals surface area contributed by atoms with E-state index in [1.807, 2.05) is 6.07 Å². The fourth-order valence-corrected chi connectivity index (χ4v) is 5.45. The minimum atomic E-state index is -0.324. The van der Waals surface area contributed by atoms with Crippen LogP contribution in [-0.2, 0) is 17.1 Å². The smallest absolute Gasteiger partial charge is 0.262 e. The number of thioether (sulfide) groups is 1. The number of carbonyl (C=O) groups excluding carboxylic acids is 2. The van der Waals surface area contributed by atoms with Crippen molar-refractivity contribution in [2.24, 2.45) is 11.7 Å². The Balaban J connectivity index is 1.62. The Morgan fingerprint density at radius 1 is 1.14 bits per heavy atom. The van der Waals surface area contributed by atoms with Crippen molar-refractivity contribution < 1.29 is 14.0 Å². The Labute approximate surface area is 213 Å². The molecule has 0 bridgehead atoms. The van der Waals surface area contributed by atoms with Crippen molar-refractivity contribution in [2.75, 3.05) is 13.1 Å². The zero-order valence-corrected chi connectivity index (χ0v) is 21.2. The van der Waals surface area contributed by atoms with E-state index in [2.05, 4.69) is 6.92 Å². The molecule has 0 unspecified atom stereocenters. The maximum Gasteiger partial charge on any atom is 0.262 e. The lowest BCUT2D eigenvalue weighted by molar-refractivity contribution is -0.123. The number of aromatic nitrogens is 2. The highest BCUT2D eigenvalue weighted by Gasteiger charge is 2.27. The summed E-state index contributed by atoms with van der Waals surface area (Å²) < 4.78 is 15.3. The average Bonchev–Trinajstić information content (AvgIpc) is 2.88. The number of hydrogen-bond donors (Lipinski definition) is 1. The first-order valence-corrected chi connectivity index (χ1v) is 13.4. The first kappa shape index (κ1) is 25.9. The lowest BCUT2D eigenvalue weighted by Crippen LogP contribution is -2.41. The van der Waals surface area contributed by atoms with E-state index < -0.39 is 0 Å². The Bertz CT molecular complexity index is 1320. The fourth-order valence-electron chi connectivity index (χ4n) is 4.49. The number of primary amides is 1. The van der Waals surface area contributed by atoms with Gasteiger partial charge in [-0.25, -0.2) is 9.37 Å². The highest BCUT2D eigenvalue weighted by molar-refractivity contribution is 7.98. The van der Waals surface area contributed by atoms with Crippen molar-refractivity contribution in [3.05, 3.63) is 69.8 Å². The van der Waals surface area contributed by atoms with Crippen LogP contribution in [0.25, 0.3) is 10.9 Å². The summed E-state index contributed by atoms with van der Waals surface area (Å²) in [5.74, 6) is -0.506. The van der Waals surface area contributed by atoms with E-state index >= 15 is 0 Å². The molecule has 2 N–H and O–H groups in total. The summed E-state index contributed by atoms with van der Waals surface area (Å²) >= 11 is 1.39. The Kier molecular flexibility index (Phi) is 8.40. The van der Waals surface area contributed by atoms with Crippen LogP contribution in [-0.4, -0.2) is 39.4 Å². The number of nitrogens with two attached hydrogens (primary N) is 1. The number of halogens is 1. The molecule has 190 valence electrons. The summed E-state index contributed by atoms with van der Waals surface area (Å²) in [5, 5.41) is 1.02. The van der Waals surface area contributed by atoms with Gasteiger partial charge in [0.05, 0.1) is 10.9 Å². The number of rotatable bonds is 9. The number of unbranched alkanes of at least 4 members (excludes halogenated alkanes) is 2. The highest BCUT2D eigenvalue weighted by Crippen LogP contribution is 2.25. The van der Waals surface area contributed by atoms with Gasteiger partial charge in [0.25, 0.3) is 11.5 Å². The van der Waals surface area contributed by atoms with Crippen LogP contribution in [0.15, 0.2) is 52.4 Å². The van der Waals surface area contributed by atoms with Crippen molar-refractivity contribution in [3.63, 3.8) is 0 Å². The molecular formula is C27H31FN4O3S. The zero-order chi connectivity index (χ0) is 25.7. The molecule has 2 aromatic carbocycles. The van der Waals surface area contributed by atoms with Gasteiger partial charge in [-0.05, 0) is 55.2 Å². The van der Waals surface area contributed by atoms with E-state index in [1.54, 1.807) is 33.7 Å². The minimum absolute atomic E-state index is 0.140. The largest absolute Gasteiger partial charge is 0.369 e. The lowest BCUT2D eigenvalue weighted by Gasteiger charge is -2.30. The van der Waals surface area contributed by atoms with Crippen LogP contribution in [0.1, 0.15) is 54.9 Å². The van der Waals surface area contributed by atoms with Crippen LogP contribution in [0.3, 0.4) is 0 Å². The third-order valence-electron chi connectivity index (χ3n) is 6.59. The Morgan fingerprint density at radius 2 is 1.92 bits per heavy atom. The molecule has 0 saturated carbocycles. The predicted octanol–water partition coefficient (Wildman–Crippen LogP) is 4.36. The van der Waals surface area contributed by atoms with Crippen LogP contribution in [0.4, 0.5) is 4.39 Å². The maximum atomic E-state index is 13.6. The summed E-state index contributed by atoms with van der Waals surface area (Å²) in [6, 6.07) is 11.4. The Morgan fingerprint density at radius 3 is 2.61 bits per heavy atom. The van der Waals surface area contributed by atoms with E-state index in [9.17, 15) is 18.8 Å². The van der Waals surface area contributed by atoms with Crippen molar-refractivity contribution in [2.45, 2.75) is 56.5 Å². The molecule has 9 heteroatoms. The minimum Gasteiger partial charge on any atom is -0.369 e. The summed E-state index contributed by atoms with van der Waals surface area (Å²) in [7, 11) is 0. The van der Waals surface area contributed by atoms with Gasteiger partial charge in [0.15, 0.2) is 5.16 Å². The van der Waals surface area contributed by atoms with Gasteiger partial charge in [-0.2, -0.15) is 0 Å². The number of likely N-dealkylation sites (tertiary alicyclic amines) is 1. The molecule has 2 amide bonds. The standard InChI is InChI=1S/C27H31FN4O3S/c1-2-3-4-12-32-26(35)22-9-8-20(25(34)31-13-10-19(11-14-31)24(29)33)16-23(22)30-27(32)36-17-18-6-5-7-21(28)15-18/h5-9,15-16,19H,2-4,10-14,17H2,1H3,(H2,29,33). The number of nitrogens with zero attached hydrogens (tertiary/aromatic N) is 3. The number of piperidine rings is 1. The summed E-state index contributed by atoms with van der Waals surface area (Å²) in [6.45, 7) is 3.59. The summed E-state index contributed by atoms with van der Waals surface area (Å²) in [4.78, 5) is 44.5. The number of benzene rings is 2. The van der Waals surface area contributed by atoms with Gasteiger partial charge in [0.1, 0.15) is 5.82 Å². The zero-order valence-electron chi connectivity index (χ0n) is 20.4. The average molecular weight is 511 g/mol. The van der Waals surface area contributed by atoms with Crippen LogP contribution in [0, 0.1) is 11.7 Å². The second-order valence-corrected chi connectivity index (χ2v) is 10.1. The molecule has 7 nitrogen and oxygen atoms in total. The molecule has 0 radical (unpaired) electrons. The third-order valence-corrected chi connectivity index (χ3v) is 7.64. The molecule has 0 atom stereocenters. The molecule has 0 aliphatic carbocycles. The summed E-state index contributed by atoms with van der Waals surface area (Å²) in [6.07, 6.45) is 3.99. The van der Waals surface area contributed by atoms with Gasteiger partial charge in [-0.1, -0.05) is 43.7 Å². The lowest BCUT2D eigenvalue weighted by atomic mass is 9.96. The fraction of sp³-hybridized carbons (Fsp3) is 0.407. The summed E-state index contributed by atoms with van der Waals surface area (Å²) in [5.41, 5.74) is 6.99. The first-order chi connectivity index (χ1) is 17.4. The van der Waals surface area contributed by atoms with Gasteiger partial charge in [-0.15, -0.1) is 0 Å². The van der Waals surface area contributed by atoms with Crippen molar-refractivity contribution in [1.82, 2.24) is 14.5 Å². The van der Waals surface area contributed by atoms with Crippen molar-refractivity contribution in [3.8, 4) is 0 Å². The predicted molar refractivity (Wildman–Crippen MR) is 139 cm³/mol. The monoisotopic (exact) mass is 510 g/mol. The van der Waals surface area contributed by atoms with E-state index in [0.29, 0.717) is 59.9 Å². The van der Waals surface area contributed by atoms with Crippen LogP contribution >= 0.6 is 11.8 Å². The third kappa shape index (κ3) is 5.95. The number of amides is 2. The van der Waals surface area contributed by atoms with Gasteiger partial charge in [-0.3, -0.25) is 19.0 Å². The SMILES string of the molecule is CCCCCn1c(SCc2cccc(F)c2)nc2cc(C(=O)N3CCC(C(N)=O)CC3)ccc2c1=O. The molecule has 1 aliphatic rings. The molecule has 4 rings (SSSR count). The molecule has 1 aromatic heterocycles. The molecular weight excluding hydrogens is 479 g/mol. The second-order valence-electron chi connectivity index (χ2n) is 9.18. The molecule has 1 aliphatic heterocycles. The molecule has 1 saturated heterocycles.